The summed E-state index contributed by atoms with van der Waals surface area (Å²) in [4.78, 5) is 32.7. The maximum atomic E-state index is 13.5. The quantitative estimate of drug-likeness (QED) is 0.361. The van der Waals surface area contributed by atoms with Crippen molar-refractivity contribution in [3.8, 4) is 0 Å². The summed E-state index contributed by atoms with van der Waals surface area (Å²) in [6, 6.07) is 27.9. The minimum Gasteiger partial charge on any atom is -0.445 e. The van der Waals surface area contributed by atoms with Gasteiger partial charge >= 0.3 is 6.09 Å². The van der Waals surface area contributed by atoms with Crippen molar-refractivity contribution in [2.45, 2.75) is 44.4 Å². The normalized spacial score (nSPS) is 20.1. The second-order valence-electron chi connectivity index (χ2n) is 10.4. The van der Waals surface area contributed by atoms with Gasteiger partial charge in [0.2, 0.25) is 0 Å². The molecule has 7 heteroatoms. The third kappa shape index (κ3) is 6.29. The zero-order valence-corrected chi connectivity index (χ0v) is 23.2. The number of likely N-dealkylation sites (tertiary alicyclic amines) is 2. The maximum absolute atomic E-state index is 13.5. The molecule has 2 heterocycles. The Kier molecular flexibility index (Phi) is 8.84. The second-order valence-corrected chi connectivity index (χ2v) is 10.8. The largest absolute Gasteiger partial charge is 0.445 e. The van der Waals surface area contributed by atoms with Crippen LogP contribution < -0.4 is 0 Å². The highest BCUT2D eigenvalue weighted by Crippen LogP contribution is 2.34. The van der Waals surface area contributed by atoms with E-state index in [1.807, 2.05) is 65.3 Å². The molecule has 6 nitrogen and oxygen atoms in total. The van der Waals surface area contributed by atoms with Crippen LogP contribution in [0.15, 0.2) is 84.9 Å². The Bertz CT molecular complexity index is 1250. The average molecular weight is 546 g/mol. The number of hydrogen-bond donors (Lipinski definition) is 0. The van der Waals surface area contributed by atoms with Gasteiger partial charge in [-0.2, -0.15) is 0 Å². The first-order chi connectivity index (χ1) is 19.0. The van der Waals surface area contributed by atoms with Crippen molar-refractivity contribution >= 4 is 23.6 Å². The number of carbonyl (C=O) groups is 2. The number of halogens is 1. The SMILES string of the molecule is CCN(C(=O)OCc1ccccc1)C1CCN([C@@H]2CN(C(=O)c3ccccc3Cl)C[C@H]2c2ccccc2)CC1. The molecular weight excluding hydrogens is 510 g/mol. The van der Waals surface area contributed by atoms with E-state index < -0.39 is 0 Å². The number of nitrogens with zero attached hydrogens (tertiary/aromatic N) is 3. The van der Waals surface area contributed by atoms with E-state index in [0.29, 0.717) is 30.2 Å². The molecule has 2 saturated heterocycles. The summed E-state index contributed by atoms with van der Waals surface area (Å²) in [6.07, 6.45) is 1.51. The van der Waals surface area contributed by atoms with E-state index in [9.17, 15) is 9.59 Å². The van der Waals surface area contributed by atoms with Crippen LogP contribution in [-0.4, -0.2) is 71.5 Å². The molecule has 5 rings (SSSR count). The summed E-state index contributed by atoms with van der Waals surface area (Å²) in [6.45, 7) is 5.97. The topological polar surface area (TPSA) is 53.1 Å². The highest BCUT2D eigenvalue weighted by Gasteiger charge is 2.41. The first-order valence-electron chi connectivity index (χ1n) is 13.8. The molecule has 0 unspecified atom stereocenters. The van der Waals surface area contributed by atoms with E-state index in [1.54, 1.807) is 12.1 Å². The molecule has 204 valence electrons. The fourth-order valence-corrected chi connectivity index (χ4v) is 6.24. The van der Waals surface area contributed by atoms with E-state index in [0.717, 1.165) is 31.5 Å². The van der Waals surface area contributed by atoms with Gasteiger partial charge in [0.25, 0.3) is 5.91 Å². The molecule has 0 bridgehead atoms. The summed E-state index contributed by atoms with van der Waals surface area (Å²) in [5, 5.41) is 0.488. The van der Waals surface area contributed by atoms with Gasteiger partial charge in [-0.1, -0.05) is 84.4 Å². The standard InChI is InChI=1S/C32H36ClN3O3/c1-2-36(32(38)39-23-24-11-5-3-6-12-24)26-17-19-34(20-18-26)30-22-35(21-28(30)25-13-7-4-8-14-25)31(37)27-15-9-10-16-29(27)33/h3-16,26,28,30H,2,17-23H2,1H3/t28-,30+/m0/s1. The van der Waals surface area contributed by atoms with Gasteiger partial charge in [0.15, 0.2) is 0 Å². The smallest absolute Gasteiger partial charge is 0.410 e. The zero-order valence-electron chi connectivity index (χ0n) is 22.4. The van der Waals surface area contributed by atoms with Crippen LogP contribution in [0.2, 0.25) is 5.02 Å². The Morgan fingerprint density at radius 3 is 2.21 bits per heavy atom. The van der Waals surface area contributed by atoms with Crippen molar-refractivity contribution in [3.05, 3.63) is 107 Å². The highest BCUT2D eigenvalue weighted by molar-refractivity contribution is 6.33. The molecule has 39 heavy (non-hydrogen) atoms. The Morgan fingerprint density at radius 1 is 0.897 bits per heavy atom. The van der Waals surface area contributed by atoms with Crippen LogP contribution in [0.1, 0.15) is 47.2 Å². The summed E-state index contributed by atoms with van der Waals surface area (Å²) in [5.74, 6) is 0.199. The third-order valence-electron chi connectivity index (χ3n) is 8.10. The van der Waals surface area contributed by atoms with Crippen LogP contribution in [-0.2, 0) is 11.3 Å². The molecule has 2 aliphatic rings. The van der Waals surface area contributed by atoms with Gasteiger partial charge in [-0.3, -0.25) is 9.69 Å². The molecule has 0 aromatic heterocycles. The van der Waals surface area contributed by atoms with Crippen LogP contribution in [0.4, 0.5) is 4.79 Å². The van der Waals surface area contributed by atoms with Crippen molar-refractivity contribution in [1.29, 1.82) is 0 Å². The first-order valence-corrected chi connectivity index (χ1v) is 14.2. The van der Waals surface area contributed by atoms with Crippen molar-refractivity contribution in [1.82, 2.24) is 14.7 Å². The van der Waals surface area contributed by atoms with Gasteiger partial charge in [-0.25, -0.2) is 4.79 Å². The molecule has 0 spiro atoms. The van der Waals surface area contributed by atoms with Crippen molar-refractivity contribution in [2.24, 2.45) is 0 Å². The number of ether oxygens (including phenoxy) is 1. The lowest BCUT2D eigenvalue weighted by Crippen LogP contribution is -2.51. The molecule has 2 amide bonds. The molecule has 2 atom stereocenters. The summed E-state index contributed by atoms with van der Waals surface area (Å²) in [5.41, 5.74) is 2.79. The Morgan fingerprint density at radius 2 is 1.54 bits per heavy atom. The summed E-state index contributed by atoms with van der Waals surface area (Å²) >= 11 is 6.38. The van der Waals surface area contributed by atoms with Crippen LogP contribution in [0.5, 0.6) is 0 Å². The number of amides is 2. The van der Waals surface area contributed by atoms with E-state index in [1.165, 1.54) is 5.56 Å². The molecular formula is C32H36ClN3O3. The van der Waals surface area contributed by atoms with Gasteiger partial charge in [0, 0.05) is 50.7 Å². The van der Waals surface area contributed by atoms with Crippen molar-refractivity contribution in [3.63, 3.8) is 0 Å². The molecule has 3 aromatic carbocycles. The molecule has 0 N–H and O–H groups in total. The van der Waals surface area contributed by atoms with E-state index in [-0.39, 0.29) is 36.6 Å². The first kappa shape index (κ1) is 27.2. The molecule has 2 fully saturated rings. The van der Waals surface area contributed by atoms with Gasteiger partial charge in [0.05, 0.1) is 10.6 Å². The third-order valence-corrected chi connectivity index (χ3v) is 8.43. The van der Waals surface area contributed by atoms with Crippen LogP contribution in [0.3, 0.4) is 0 Å². The predicted octanol–water partition coefficient (Wildman–Crippen LogP) is 6.07. The van der Waals surface area contributed by atoms with E-state index >= 15 is 0 Å². The van der Waals surface area contributed by atoms with Gasteiger partial charge in [-0.05, 0) is 43.0 Å². The molecule has 0 radical (unpaired) electrons. The molecule has 2 aliphatic heterocycles. The Balaban J connectivity index is 1.25. The number of benzene rings is 3. The van der Waals surface area contributed by atoms with Crippen LogP contribution >= 0.6 is 11.6 Å². The lowest BCUT2D eigenvalue weighted by atomic mass is 9.91. The van der Waals surface area contributed by atoms with E-state index in [4.69, 9.17) is 16.3 Å². The minimum atomic E-state index is -0.251. The Hall–Kier alpha value is -3.35. The van der Waals surface area contributed by atoms with E-state index in [2.05, 4.69) is 29.2 Å². The number of rotatable bonds is 7. The lowest BCUT2D eigenvalue weighted by Gasteiger charge is -2.41. The summed E-state index contributed by atoms with van der Waals surface area (Å²) < 4.78 is 5.65. The number of carbonyl (C=O) groups excluding carboxylic acids is 2. The number of hydrogen-bond acceptors (Lipinski definition) is 4. The average Bonchev–Trinajstić information content (AvgIpc) is 3.43. The highest BCUT2D eigenvalue weighted by atomic mass is 35.5. The van der Waals surface area contributed by atoms with Gasteiger partial charge in [0.1, 0.15) is 6.61 Å². The van der Waals surface area contributed by atoms with Gasteiger partial charge in [-0.15, -0.1) is 0 Å². The fourth-order valence-electron chi connectivity index (χ4n) is 6.02. The lowest BCUT2D eigenvalue weighted by molar-refractivity contribution is 0.0531. The molecule has 3 aromatic rings. The summed E-state index contributed by atoms with van der Waals surface area (Å²) in [7, 11) is 0. The fraction of sp³-hybridized carbons (Fsp3) is 0.375. The van der Waals surface area contributed by atoms with Crippen molar-refractivity contribution < 1.29 is 14.3 Å². The Labute approximate surface area is 236 Å². The molecule has 0 saturated carbocycles. The minimum absolute atomic E-state index is 0.0164. The van der Waals surface area contributed by atoms with Crippen molar-refractivity contribution in [2.75, 3.05) is 32.7 Å². The maximum Gasteiger partial charge on any atom is 0.410 e. The van der Waals surface area contributed by atoms with Crippen LogP contribution in [0.25, 0.3) is 0 Å². The van der Waals surface area contributed by atoms with Crippen LogP contribution in [0, 0.1) is 0 Å². The van der Waals surface area contributed by atoms with Gasteiger partial charge < -0.3 is 14.5 Å². The zero-order chi connectivity index (χ0) is 27.2. The number of piperidine rings is 1. The second kappa shape index (κ2) is 12.7. The monoisotopic (exact) mass is 545 g/mol. The molecule has 0 aliphatic carbocycles. The predicted molar refractivity (Wildman–Crippen MR) is 154 cm³/mol.